The lowest BCUT2D eigenvalue weighted by Crippen LogP contribution is -2.33. The lowest BCUT2D eigenvalue weighted by atomic mass is 9.87. The maximum absolute atomic E-state index is 11.5. The molecule has 0 saturated carbocycles. The molecule has 1 saturated heterocycles. The molecule has 3 rings (SSSR count). The molecular weight excluding hydrogens is 190 g/mol. The summed E-state index contributed by atoms with van der Waals surface area (Å²) in [5.74, 6) is -0.181. The SMILES string of the molecule is O=C1CC2=C3C=CC=CC3CCN2C1=O. The molecular formula is C12H11NO2. The summed E-state index contributed by atoms with van der Waals surface area (Å²) in [7, 11) is 0. The Bertz CT molecular complexity index is 443. The van der Waals surface area contributed by atoms with E-state index in [0.29, 0.717) is 18.9 Å². The van der Waals surface area contributed by atoms with Gasteiger partial charge in [0.15, 0.2) is 0 Å². The molecule has 1 amide bonds. The van der Waals surface area contributed by atoms with E-state index in [2.05, 4.69) is 6.08 Å². The second-order valence-electron chi connectivity index (χ2n) is 4.10. The lowest BCUT2D eigenvalue weighted by Gasteiger charge is -2.30. The molecule has 1 unspecified atom stereocenters. The fraction of sp³-hybridized carbons (Fsp3) is 0.333. The molecule has 2 heterocycles. The van der Waals surface area contributed by atoms with Gasteiger partial charge in [-0.05, 0) is 12.0 Å². The fourth-order valence-corrected chi connectivity index (χ4v) is 2.51. The zero-order chi connectivity index (χ0) is 10.4. The van der Waals surface area contributed by atoms with Gasteiger partial charge in [-0.25, -0.2) is 0 Å². The van der Waals surface area contributed by atoms with Crippen LogP contribution in [0.5, 0.6) is 0 Å². The van der Waals surface area contributed by atoms with Gasteiger partial charge in [0.1, 0.15) is 0 Å². The summed E-state index contributed by atoms with van der Waals surface area (Å²) >= 11 is 0. The molecule has 0 aromatic carbocycles. The highest BCUT2D eigenvalue weighted by Crippen LogP contribution is 2.36. The van der Waals surface area contributed by atoms with E-state index in [1.807, 2.05) is 18.2 Å². The molecule has 0 bridgehead atoms. The van der Waals surface area contributed by atoms with E-state index in [0.717, 1.165) is 17.7 Å². The van der Waals surface area contributed by atoms with Crippen molar-refractivity contribution in [2.75, 3.05) is 6.54 Å². The Morgan fingerprint density at radius 3 is 3.00 bits per heavy atom. The van der Waals surface area contributed by atoms with Crippen LogP contribution in [0, 0.1) is 5.92 Å². The van der Waals surface area contributed by atoms with Crippen LogP contribution >= 0.6 is 0 Å². The van der Waals surface area contributed by atoms with E-state index < -0.39 is 0 Å². The molecule has 3 aliphatic rings. The van der Waals surface area contributed by atoms with Crippen molar-refractivity contribution in [3.8, 4) is 0 Å². The zero-order valence-electron chi connectivity index (χ0n) is 8.27. The van der Waals surface area contributed by atoms with Crippen molar-refractivity contribution in [2.24, 2.45) is 5.92 Å². The van der Waals surface area contributed by atoms with Crippen molar-refractivity contribution in [2.45, 2.75) is 12.8 Å². The number of Topliss-reactive ketones (excluding diaryl/α,β-unsaturated/α-hetero) is 1. The largest absolute Gasteiger partial charge is 0.309 e. The molecule has 3 heteroatoms. The van der Waals surface area contributed by atoms with Gasteiger partial charge in [-0.3, -0.25) is 9.59 Å². The van der Waals surface area contributed by atoms with E-state index >= 15 is 0 Å². The van der Waals surface area contributed by atoms with Crippen LogP contribution in [0.4, 0.5) is 0 Å². The number of hydrogen-bond donors (Lipinski definition) is 0. The standard InChI is InChI=1S/C12H11NO2/c14-11-7-10-9-4-2-1-3-8(9)5-6-13(10)12(11)15/h1-4,8H,5-7H2. The Morgan fingerprint density at radius 2 is 2.13 bits per heavy atom. The first-order valence-electron chi connectivity index (χ1n) is 5.20. The van der Waals surface area contributed by atoms with E-state index in [1.54, 1.807) is 4.90 Å². The summed E-state index contributed by atoms with van der Waals surface area (Å²) in [5, 5.41) is 0. The normalized spacial score (nSPS) is 28.5. The minimum Gasteiger partial charge on any atom is -0.309 e. The second kappa shape index (κ2) is 2.92. The van der Waals surface area contributed by atoms with Gasteiger partial charge in [0.05, 0.1) is 6.42 Å². The maximum Gasteiger partial charge on any atom is 0.294 e. The number of nitrogens with zero attached hydrogens (tertiary/aromatic N) is 1. The first kappa shape index (κ1) is 8.65. The minimum absolute atomic E-state index is 0.263. The van der Waals surface area contributed by atoms with E-state index in [-0.39, 0.29) is 11.7 Å². The molecule has 2 aliphatic heterocycles. The molecule has 1 fully saturated rings. The molecule has 1 aliphatic carbocycles. The molecule has 0 aromatic heterocycles. The van der Waals surface area contributed by atoms with Crippen molar-refractivity contribution in [3.63, 3.8) is 0 Å². The van der Waals surface area contributed by atoms with Crippen LogP contribution in [0.1, 0.15) is 12.8 Å². The monoisotopic (exact) mass is 201 g/mol. The molecule has 3 nitrogen and oxygen atoms in total. The molecule has 15 heavy (non-hydrogen) atoms. The number of allylic oxidation sites excluding steroid dienone is 6. The summed E-state index contributed by atoms with van der Waals surface area (Å²) in [6.07, 6.45) is 9.39. The van der Waals surface area contributed by atoms with Crippen LogP contribution in [0.2, 0.25) is 0 Å². The Hall–Kier alpha value is -1.64. The van der Waals surface area contributed by atoms with Crippen molar-refractivity contribution in [1.29, 1.82) is 0 Å². The Balaban J connectivity index is 2.10. The first-order valence-corrected chi connectivity index (χ1v) is 5.20. The average molecular weight is 201 g/mol. The van der Waals surface area contributed by atoms with Gasteiger partial charge in [0.25, 0.3) is 5.91 Å². The van der Waals surface area contributed by atoms with Crippen LogP contribution in [-0.4, -0.2) is 23.1 Å². The third-order valence-electron chi connectivity index (χ3n) is 3.26. The van der Waals surface area contributed by atoms with Gasteiger partial charge >= 0.3 is 0 Å². The smallest absolute Gasteiger partial charge is 0.294 e. The highest BCUT2D eigenvalue weighted by molar-refractivity contribution is 6.39. The summed E-state index contributed by atoms with van der Waals surface area (Å²) in [5.41, 5.74) is 2.09. The van der Waals surface area contributed by atoms with Crippen LogP contribution in [-0.2, 0) is 9.59 Å². The topological polar surface area (TPSA) is 37.4 Å². The van der Waals surface area contributed by atoms with Crippen molar-refractivity contribution in [3.05, 3.63) is 35.6 Å². The lowest BCUT2D eigenvalue weighted by molar-refractivity contribution is -0.139. The molecule has 1 atom stereocenters. The average Bonchev–Trinajstić information content (AvgIpc) is 2.56. The number of carbonyl (C=O) groups excluding carboxylic acids is 2. The first-order chi connectivity index (χ1) is 7.27. The van der Waals surface area contributed by atoms with Crippen LogP contribution < -0.4 is 0 Å². The summed E-state index contributed by atoms with van der Waals surface area (Å²) in [6, 6.07) is 0. The highest BCUT2D eigenvalue weighted by Gasteiger charge is 2.39. The zero-order valence-corrected chi connectivity index (χ0v) is 8.27. The Morgan fingerprint density at radius 1 is 1.27 bits per heavy atom. The van der Waals surface area contributed by atoms with Crippen LogP contribution in [0.25, 0.3) is 0 Å². The van der Waals surface area contributed by atoms with Gasteiger partial charge in [-0.15, -0.1) is 0 Å². The number of ketones is 1. The quantitative estimate of drug-likeness (QED) is 0.552. The summed E-state index contributed by atoms with van der Waals surface area (Å²) in [4.78, 5) is 24.5. The molecule has 0 aromatic rings. The summed E-state index contributed by atoms with van der Waals surface area (Å²) < 4.78 is 0. The predicted molar refractivity (Wildman–Crippen MR) is 54.8 cm³/mol. The van der Waals surface area contributed by atoms with E-state index in [9.17, 15) is 9.59 Å². The van der Waals surface area contributed by atoms with Crippen molar-refractivity contribution < 1.29 is 9.59 Å². The van der Waals surface area contributed by atoms with E-state index in [1.165, 1.54) is 0 Å². The number of carbonyl (C=O) groups is 2. The van der Waals surface area contributed by atoms with E-state index in [4.69, 9.17) is 0 Å². The van der Waals surface area contributed by atoms with Gasteiger partial charge in [0, 0.05) is 18.2 Å². The number of amides is 1. The minimum atomic E-state index is -0.320. The predicted octanol–water partition coefficient (Wildman–Crippen LogP) is 1.19. The molecule has 0 N–H and O–H groups in total. The van der Waals surface area contributed by atoms with Gasteiger partial charge in [-0.2, -0.15) is 0 Å². The second-order valence-corrected chi connectivity index (χ2v) is 4.10. The Kier molecular flexibility index (Phi) is 1.69. The van der Waals surface area contributed by atoms with Crippen LogP contribution in [0.3, 0.4) is 0 Å². The van der Waals surface area contributed by atoms with Gasteiger partial charge in [-0.1, -0.05) is 24.3 Å². The third-order valence-corrected chi connectivity index (χ3v) is 3.26. The molecule has 76 valence electrons. The van der Waals surface area contributed by atoms with Crippen LogP contribution in [0.15, 0.2) is 35.6 Å². The maximum atomic E-state index is 11.5. The fourth-order valence-electron chi connectivity index (χ4n) is 2.51. The summed E-state index contributed by atoms with van der Waals surface area (Å²) in [6.45, 7) is 0.687. The van der Waals surface area contributed by atoms with Gasteiger partial charge in [0.2, 0.25) is 5.78 Å². The highest BCUT2D eigenvalue weighted by atomic mass is 16.2. The molecule has 0 radical (unpaired) electrons. The number of hydrogen-bond acceptors (Lipinski definition) is 2. The third kappa shape index (κ3) is 1.12. The number of fused-ring (bicyclic) bond motifs is 2. The van der Waals surface area contributed by atoms with Gasteiger partial charge < -0.3 is 4.90 Å². The number of rotatable bonds is 0. The van der Waals surface area contributed by atoms with Crippen molar-refractivity contribution >= 4 is 11.7 Å². The molecule has 0 spiro atoms. The van der Waals surface area contributed by atoms with Crippen molar-refractivity contribution in [1.82, 2.24) is 4.90 Å². The Labute approximate surface area is 87.8 Å².